The lowest BCUT2D eigenvalue weighted by molar-refractivity contribution is -0.128. The molecule has 2 unspecified atom stereocenters. The van der Waals surface area contributed by atoms with Gasteiger partial charge in [-0.15, -0.1) is 0 Å². The normalized spacial score (nSPS) is 18.9. The van der Waals surface area contributed by atoms with Crippen LogP contribution >= 0.6 is 11.8 Å². The van der Waals surface area contributed by atoms with Gasteiger partial charge in [-0.1, -0.05) is 25.7 Å². The van der Waals surface area contributed by atoms with E-state index in [0.29, 0.717) is 38.8 Å². The molecule has 2 saturated heterocycles. The van der Waals surface area contributed by atoms with E-state index in [-0.39, 0.29) is 24.0 Å². The van der Waals surface area contributed by atoms with E-state index in [1.807, 2.05) is 21.6 Å². The van der Waals surface area contributed by atoms with Gasteiger partial charge in [-0.05, 0) is 62.9 Å². The smallest absolute Gasteiger partial charge is 0.222 e. The third-order valence-electron chi connectivity index (χ3n) is 6.46. The number of carbonyl (C=O) groups excluding carboxylic acids is 2. The van der Waals surface area contributed by atoms with Crippen LogP contribution in [0.5, 0.6) is 0 Å². The van der Waals surface area contributed by atoms with Crippen molar-refractivity contribution in [3.8, 4) is 0 Å². The predicted molar refractivity (Wildman–Crippen MR) is 127 cm³/mol. The molecule has 0 bridgehead atoms. The van der Waals surface area contributed by atoms with Crippen LogP contribution in [0.25, 0.3) is 0 Å². The summed E-state index contributed by atoms with van der Waals surface area (Å²) in [6.07, 6.45) is 12.7. The monoisotopic (exact) mass is 456 g/mol. The summed E-state index contributed by atoms with van der Waals surface area (Å²) >= 11 is 2.01. The number of aliphatic hydroxyl groups excluding tert-OH is 2. The van der Waals surface area contributed by atoms with Crippen molar-refractivity contribution in [2.75, 3.05) is 37.7 Å². The number of hydrogen-bond donors (Lipinski definition) is 2. The van der Waals surface area contributed by atoms with Gasteiger partial charge in [0.15, 0.2) is 0 Å². The van der Waals surface area contributed by atoms with E-state index in [4.69, 9.17) is 0 Å². The lowest BCUT2D eigenvalue weighted by Crippen LogP contribution is -2.28. The van der Waals surface area contributed by atoms with Crippen LogP contribution in [-0.4, -0.2) is 81.7 Å². The van der Waals surface area contributed by atoms with Crippen molar-refractivity contribution < 1.29 is 19.8 Å². The van der Waals surface area contributed by atoms with Gasteiger partial charge >= 0.3 is 0 Å². The number of aliphatic hydroxyl groups is 2. The molecule has 2 heterocycles. The molecule has 0 aromatic rings. The average Bonchev–Trinajstić information content (AvgIpc) is 3.36. The first kappa shape index (κ1) is 26.5. The highest BCUT2D eigenvalue weighted by molar-refractivity contribution is 7.99. The molecule has 7 heteroatoms. The first-order valence-electron chi connectivity index (χ1n) is 12.6. The quantitative estimate of drug-likeness (QED) is 0.308. The highest BCUT2D eigenvalue weighted by Crippen LogP contribution is 2.16. The Bertz CT molecular complexity index is 476. The molecule has 2 aliphatic rings. The molecule has 2 N–H and O–H groups in total. The summed E-state index contributed by atoms with van der Waals surface area (Å²) in [6.45, 7) is 3.16. The molecule has 0 saturated carbocycles. The van der Waals surface area contributed by atoms with Crippen LogP contribution in [0.4, 0.5) is 0 Å². The number of amides is 2. The molecule has 2 aliphatic heterocycles. The van der Waals surface area contributed by atoms with Crippen LogP contribution in [-0.2, 0) is 9.59 Å². The molecule has 0 aromatic heterocycles. The van der Waals surface area contributed by atoms with E-state index in [0.717, 1.165) is 51.6 Å². The molecule has 180 valence electrons. The maximum atomic E-state index is 11.6. The summed E-state index contributed by atoms with van der Waals surface area (Å²) in [4.78, 5) is 26.9. The first-order valence-corrected chi connectivity index (χ1v) is 13.7. The zero-order valence-electron chi connectivity index (χ0n) is 19.3. The van der Waals surface area contributed by atoms with E-state index in [9.17, 15) is 19.8 Å². The van der Waals surface area contributed by atoms with Gasteiger partial charge in [-0.2, -0.15) is 11.8 Å². The predicted octanol–water partition coefficient (Wildman–Crippen LogP) is 3.59. The maximum absolute atomic E-state index is 11.6. The van der Waals surface area contributed by atoms with Crippen LogP contribution in [0, 0.1) is 0 Å². The number of thioether (sulfide) groups is 1. The molecule has 0 spiro atoms. The number of hydrogen-bond acceptors (Lipinski definition) is 5. The van der Waals surface area contributed by atoms with Crippen LogP contribution in [0.2, 0.25) is 0 Å². The Morgan fingerprint density at radius 2 is 1.13 bits per heavy atom. The van der Waals surface area contributed by atoms with Gasteiger partial charge in [0.1, 0.15) is 0 Å². The topological polar surface area (TPSA) is 81.1 Å². The van der Waals surface area contributed by atoms with Crippen molar-refractivity contribution in [1.82, 2.24) is 9.80 Å². The SMILES string of the molecule is O=C1CCCN1CCC(O)CCCCCSCCCCCC(O)CCN1CCCC1=O. The fraction of sp³-hybridized carbons (Fsp3) is 0.917. The number of rotatable bonds is 18. The minimum atomic E-state index is -0.271. The second kappa shape index (κ2) is 15.9. The fourth-order valence-electron chi connectivity index (χ4n) is 4.40. The number of nitrogens with zero attached hydrogens (tertiary/aromatic N) is 2. The lowest BCUT2D eigenvalue weighted by atomic mass is 10.1. The van der Waals surface area contributed by atoms with E-state index in [2.05, 4.69) is 0 Å². The van der Waals surface area contributed by atoms with Gasteiger partial charge in [-0.3, -0.25) is 9.59 Å². The third-order valence-corrected chi connectivity index (χ3v) is 7.61. The molecule has 6 nitrogen and oxygen atoms in total. The summed E-state index contributed by atoms with van der Waals surface area (Å²) in [5.41, 5.74) is 0. The van der Waals surface area contributed by atoms with Gasteiger partial charge in [0.2, 0.25) is 11.8 Å². The van der Waals surface area contributed by atoms with Gasteiger partial charge in [-0.25, -0.2) is 0 Å². The van der Waals surface area contributed by atoms with Crippen molar-refractivity contribution in [2.45, 2.75) is 102 Å². The van der Waals surface area contributed by atoms with Gasteiger partial charge in [0, 0.05) is 39.0 Å². The summed E-state index contributed by atoms with van der Waals surface area (Å²) in [5, 5.41) is 20.2. The van der Waals surface area contributed by atoms with Crippen molar-refractivity contribution in [1.29, 1.82) is 0 Å². The van der Waals surface area contributed by atoms with Crippen LogP contribution in [0.15, 0.2) is 0 Å². The highest BCUT2D eigenvalue weighted by atomic mass is 32.2. The molecule has 2 rings (SSSR count). The van der Waals surface area contributed by atoms with E-state index < -0.39 is 0 Å². The molecule has 31 heavy (non-hydrogen) atoms. The third kappa shape index (κ3) is 11.6. The Balaban J connectivity index is 1.29. The van der Waals surface area contributed by atoms with Crippen LogP contribution in [0.3, 0.4) is 0 Å². The molecule has 0 radical (unpaired) electrons. The van der Waals surface area contributed by atoms with Crippen LogP contribution < -0.4 is 0 Å². The molecule has 2 atom stereocenters. The Hall–Kier alpha value is -0.790. The van der Waals surface area contributed by atoms with Crippen molar-refractivity contribution in [2.24, 2.45) is 0 Å². The van der Waals surface area contributed by atoms with Crippen molar-refractivity contribution >= 4 is 23.6 Å². The molecular weight excluding hydrogens is 412 g/mol. The zero-order valence-corrected chi connectivity index (χ0v) is 20.1. The van der Waals surface area contributed by atoms with Gasteiger partial charge in [0.05, 0.1) is 12.2 Å². The Morgan fingerprint density at radius 3 is 1.52 bits per heavy atom. The minimum absolute atomic E-state index is 0.246. The number of likely N-dealkylation sites (tertiary alicyclic amines) is 2. The maximum Gasteiger partial charge on any atom is 0.222 e. The van der Waals surface area contributed by atoms with E-state index >= 15 is 0 Å². The second-order valence-electron chi connectivity index (χ2n) is 9.16. The average molecular weight is 457 g/mol. The van der Waals surface area contributed by atoms with Gasteiger partial charge < -0.3 is 20.0 Å². The van der Waals surface area contributed by atoms with E-state index in [1.54, 1.807) is 0 Å². The minimum Gasteiger partial charge on any atom is -0.393 e. The molecule has 2 fully saturated rings. The molecular formula is C24H44N2O4S. The van der Waals surface area contributed by atoms with Crippen molar-refractivity contribution in [3.05, 3.63) is 0 Å². The zero-order chi connectivity index (χ0) is 22.3. The Labute approximate surface area is 193 Å². The van der Waals surface area contributed by atoms with Crippen molar-refractivity contribution in [3.63, 3.8) is 0 Å². The Kier molecular flexibility index (Phi) is 13.6. The van der Waals surface area contributed by atoms with Gasteiger partial charge in [0.25, 0.3) is 0 Å². The number of unbranched alkanes of at least 4 members (excludes halogenated alkanes) is 4. The highest BCUT2D eigenvalue weighted by Gasteiger charge is 2.21. The summed E-state index contributed by atoms with van der Waals surface area (Å²) in [7, 11) is 0. The molecule has 2 amide bonds. The Morgan fingerprint density at radius 1 is 0.677 bits per heavy atom. The lowest BCUT2D eigenvalue weighted by Gasteiger charge is -2.18. The summed E-state index contributed by atoms with van der Waals surface area (Å²) in [5.74, 6) is 2.86. The standard InChI is InChI=1S/C24H44N2O4S/c27-21(13-17-25-15-7-11-23(25)29)9-3-1-5-19-31-20-6-2-4-10-22(28)14-18-26-16-8-12-24(26)30/h21-22,27-28H,1-20H2. The molecule has 0 aromatic carbocycles. The summed E-state index contributed by atoms with van der Waals surface area (Å²) in [6, 6.07) is 0. The first-order chi connectivity index (χ1) is 15.1. The largest absolute Gasteiger partial charge is 0.393 e. The second-order valence-corrected chi connectivity index (χ2v) is 10.4. The molecule has 0 aliphatic carbocycles. The summed E-state index contributed by atoms with van der Waals surface area (Å²) < 4.78 is 0. The van der Waals surface area contributed by atoms with E-state index in [1.165, 1.54) is 37.2 Å². The van der Waals surface area contributed by atoms with Crippen LogP contribution in [0.1, 0.15) is 89.9 Å². The number of carbonyl (C=O) groups is 2. The fourth-order valence-corrected chi connectivity index (χ4v) is 5.42.